The lowest BCUT2D eigenvalue weighted by Crippen LogP contribution is -2.05. The molecule has 0 saturated heterocycles. The minimum Gasteiger partial charge on any atom is -0.497 e. The van der Waals surface area contributed by atoms with E-state index in [1.54, 1.807) is 26.4 Å². The van der Waals surface area contributed by atoms with Crippen LogP contribution < -0.4 is 9.47 Å². The SMILES string of the molecule is COC(=O)CCCCC(C=Cc1cc(OC)ccc1OC)Cc1ccc(C(=O)OC)cc1. The number of methoxy groups -OCH3 is 4. The zero-order chi connectivity index (χ0) is 23.3. The fourth-order valence-corrected chi connectivity index (χ4v) is 3.45. The maximum absolute atomic E-state index is 11.7. The van der Waals surface area contributed by atoms with Crippen LogP contribution in [0.15, 0.2) is 48.5 Å². The summed E-state index contributed by atoms with van der Waals surface area (Å²) in [7, 11) is 6.06. The zero-order valence-corrected chi connectivity index (χ0v) is 19.3. The fourth-order valence-electron chi connectivity index (χ4n) is 3.45. The van der Waals surface area contributed by atoms with Crippen LogP contribution in [0.4, 0.5) is 0 Å². The minimum absolute atomic E-state index is 0.184. The Bertz CT molecular complexity index is 901. The van der Waals surface area contributed by atoms with Crippen LogP contribution in [-0.4, -0.2) is 40.4 Å². The van der Waals surface area contributed by atoms with Gasteiger partial charge >= 0.3 is 11.9 Å². The lowest BCUT2D eigenvalue weighted by Gasteiger charge is -2.14. The van der Waals surface area contributed by atoms with Crippen molar-refractivity contribution in [1.82, 2.24) is 0 Å². The molecule has 32 heavy (non-hydrogen) atoms. The summed E-state index contributed by atoms with van der Waals surface area (Å²) in [6, 6.07) is 13.2. The molecule has 0 saturated carbocycles. The maximum Gasteiger partial charge on any atom is 0.337 e. The molecular formula is C26H32O6. The van der Waals surface area contributed by atoms with E-state index in [1.165, 1.54) is 14.2 Å². The van der Waals surface area contributed by atoms with Crippen LogP contribution in [0.3, 0.4) is 0 Å². The highest BCUT2D eigenvalue weighted by molar-refractivity contribution is 5.89. The van der Waals surface area contributed by atoms with Crippen LogP contribution in [-0.2, 0) is 20.7 Å². The number of rotatable bonds is 12. The monoisotopic (exact) mass is 440 g/mol. The lowest BCUT2D eigenvalue weighted by molar-refractivity contribution is -0.140. The number of hydrogen-bond acceptors (Lipinski definition) is 6. The average Bonchev–Trinajstić information content (AvgIpc) is 2.84. The Kier molecular flexibility index (Phi) is 10.3. The number of esters is 2. The van der Waals surface area contributed by atoms with Crippen LogP contribution >= 0.6 is 0 Å². The normalized spacial score (nSPS) is 11.8. The Morgan fingerprint density at radius 2 is 1.66 bits per heavy atom. The van der Waals surface area contributed by atoms with Crippen molar-refractivity contribution >= 4 is 18.0 Å². The average molecular weight is 441 g/mol. The molecule has 2 rings (SSSR count). The Morgan fingerprint density at radius 1 is 0.906 bits per heavy atom. The molecule has 1 atom stereocenters. The Morgan fingerprint density at radius 3 is 2.28 bits per heavy atom. The summed E-state index contributed by atoms with van der Waals surface area (Å²) >= 11 is 0. The van der Waals surface area contributed by atoms with Crippen LogP contribution in [0.2, 0.25) is 0 Å². The molecule has 2 aromatic rings. The highest BCUT2D eigenvalue weighted by Gasteiger charge is 2.11. The van der Waals surface area contributed by atoms with Gasteiger partial charge in [0.05, 0.1) is 34.0 Å². The molecule has 0 aromatic heterocycles. The van der Waals surface area contributed by atoms with Gasteiger partial charge in [0.2, 0.25) is 0 Å². The molecule has 0 aliphatic rings. The maximum atomic E-state index is 11.7. The van der Waals surface area contributed by atoms with Crippen molar-refractivity contribution in [3.05, 3.63) is 65.2 Å². The number of unbranched alkanes of at least 4 members (excludes halogenated alkanes) is 1. The van der Waals surface area contributed by atoms with Gasteiger partial charge in [-0.05, 0) is 61.1 Å². The van der Waals surface area contributed by atoms with E-state index in [1.807, 2.05) is 30.3 Å². The van der Waals surface area contributed by atoms with E-state index in [-0.39, 0.29) is 17.9 Å². The number of ether oxygens (including phenoxy) is 4. The highest BCUT2D eigenvalue weighted by atomic mass is 16.5. The first-order valence-electron chi connectivity index (χ1n) is 10.6. The summed E-state index contributed by atoms with van der Waals surface area (Å²) in [6.07, 6.45) is 8.05. The van der Waals surface area contributed by atoms with Crippen molar-refractivity contribution in [2.75, 3.05) is 28.4 Å². The van der Waals surface area contributed by atoms with Gasteiger partial charge in [-0.1, -0.05) is 30.7 Å². The van der Waals surface area contributed by atoms with E-state index in [2.05, 4.69) is 12.2 Å². The van der Waals surface area contributed by atoms with Crippen molar-refractivity contribution in [2.45, 2.75) is 32.1 Å². The summed E-state index contributed by atoms with van der Waals surface area (Å²) in [5.74, 6) is 1.25. The molecule has 0 N–H and O–H groups in total. The van der Waals surface area contributed by atoms with E-state index in [0.29, 0.717) is 12.0 Å². The number of hydrogen-bond donors (Lipinski definition) is 0. The van der Waals surface area contributed by atoms with Crippen molar-refractivity contribution in [3.63, 3.8) is 0 Å². The smallest absolute Gasteiger partial charge is 0.337 e. The van der Waals surface area contributed by atoms with E-state index in [9.17, 15) is 9.59 Å². The summed E-state index contributed by atoms with van der Waals surface area (Å²) in [4.78, 5) is 23.1. The molecule has 0 bridgehead atoms. The van der Waals surface area contributed by atoms with Gasteiger partial charge in [0, 0.05) is 12.0 Å². The largest absolute Gasteiger partial charge is 0.497 e. The first kappa shape index (κ1) is 25.0. The first-order chi connectivity index (χ1) is 15.5. The predicted molar refractivity (Wildman–Crippen MR) is 124 cm³/mol. The predicted octanol–water partition coefficient (Wildman–Crippen LogP) is 5.10. The number of carbonyl (C=O) groups is 2. The second-order valence-electron chi connectivity index (χ2n) is 7.44. The fraction of sp³-hybridized carbons (Fsp3) is 0.385. The van der Waals surface area contributed by atoms with E-state index >= 15 is 0 Å². The summed E-state index contributed by atoms with van der Waals surface area (Å²) in [6.45, 7) is 0. The molecule has 1 unspecified atom stereocenters. The first-order valence-corrected chi connectivity index (χ1v) is 10.6. The van der Waals surface area contributed by atoms with E-state index in [4.69, 9.17) is 18.9 Å². The Balaban J connectivity index is 2.15. The molecule has 6 heteroatoms. The van der Waals surface area contributed by atoms with Crippen LogP contribution in [0.1, 0.15) is 47.2 Å². The van der Waals surface area contributed by atoms with Gasteiger partial charge in [-0.3, -0.25) is 4.79 Å². The molecule has 172 valence electrons. The third-order valence-electron chi connectivity index (χ3n) is 5.29. The van der Waals surface area contributed by atoms with Crippen molar-refractivity contribution in [2.24, 2.45) is 5.92 Å². The molecule has 2 aromatic carbocycles. The van der Waals surface area contributed by atoms with E-state index in [0.717, 1.165) is 48.3 Å². The molecule has 0 heterocycles. The van der Waals surface area contributed by atoms with E-state index < -0.39 is 0 Å². The van der Waals surface area contributed by atoms with Crippen molar-refractivity contribution in [3.8, 4) is 11.5 Å². The van der Waals surface area contributed by atoms with Crippen molar-refractivity contribution < 1.29 is 28.5 Å². The summed E-state index contributed by atoms with van der Waals surface area (Å²) < 4.78 is 20.3. The standard InChI is InChI=1S/C26H32O6/c1-29-23-15-16-24(30-2)22(18-23)14-11-19(7-5-6-8-25(27)31-3)17-20-9-12-21(13-10-20)26(28)32-4/h9-16,18-19H,5-8,17H2,1-4H3. The third kappa shape index (κ3) is 7.76. The van der Waals surface area contributed by atoms with Gasteiger partial charge < -0.3 is 18.9 Å². The van der Waals surface area contributed by atoms with Crippen molar-refractivity contribution in [1.29, 1.82) is 0 Å². The molecule has 6 nitrogen and oxygen atoms in total. The zero-order valence-electron chi connectivity index (χ0n) is 19.3. The minimum atomic E-state index is -0.346. The summed E-state index contributed by atoms with van der Waals surface area (Å²) in [5.41, 5.74) is 2.59. The van der Waals surface area contributed by atoms with Gasteiger partial charge in [-0.15, -0.1) is 0 Å². The molecule has 0 radical (unpaired) electrons. The topological polar surface area (TPSA) is 71.1 Å². The molecule has 0 spiro atoms. The Hall–Kier alpha value is -3.28. The third-order valence-corrected chi connectivity index (χ3v) is 5.29. The number of benzene rings is 2. The van der Waals surface area contributed by atoms with Crippen LogP contribution in [0.25, 0.3) is 6.08 Å². The second-order valence-corrected chi connectivity index (χ2v) is 7.44. The highest BCUT2D eigenvalue weighted by Crippen LogP contribution is 2.27. The van der Waals surface area contributed by atoms with Gasteiger partial charge in [-0.2, -0.15) is 0 Å². The number of allylic oxidation sites excluding steroid dienone is 1. The quantitative estimate of drug-likeness (QED) is 0.338. The Labute approximate surface area is 190 Å². The molecular weight excluding hydrogens is 408 g/mol. The van der Waals surface area contributed by atoms with Crippen LogP contribution in [0, 0.1) is 5.92 Å². The van der Waals surface area contributed by atoms with Gasteiger partial charge in [0.1, 0.15) is 11.5 Å². The number of carbonyl (C=O) groups excluding carboxylic acids is 2. The molecule has 0 fully saturated rings. The molecule has 0 aliphatic carbocycles. The van der Waals surface area contributed by atoms with Gasteiger partial charge in [0.25, 0.3) is 0 Å². The van der Waals surface area contributed by atoms with Gasteiger partial charge in [0.15, 0.2) is 0 Å². The molecule has 0 aliphatic heterocycles. The van der Waals surface area contributed by atoms with Crippen LogP contribution in [0.5, 0.6) is 11.5 Å². The summed E-state index contributed by atoms with van der Waals surface area (Å²) in [5, 5.41) is 0. The lowest BCUT2D eigenvalue weighted by atomic mass is 9.92. The molecule has 0 amide bonds. The second kappa shape index (κ2) is 13.2. The van der Waals surface area contributed by atoms with Gasteiger partial charge in [-0.25, -0.2) is 4.79 Å².